The number of nitrogens with one attached hydrogen (secondary N) is 2. The molecular weight excluding hydrogens is 458 g/mol. The lowest BCUT2D eigenvalue weighted by Crippen LogP contribution is -2.44. The molecule has 3 aromatic rings. The van der Waals surface area contributed by atoms with Gasteiger partial charge in [-0.15, -0.1) is 0 Å². The number of benzene rings is 2. The molecular formula is C24H24F2N6OS. The molecule has 2 aromatic carbocycles. The first-order chi connectivity index (χ1) is 16.3. The Morgan fingerprint density at radius 2 is 1.68 bits per heavy atom. The van der Waals surface area contributed by atoms with E-state index in [4.69, 9.17) is 11.1 Å². The number of nitrogens with two attached hydrogens (primary N) is 1. The van der Waals surface area contributed by atoms with Crippen LogP contribution in [-0.2, 0) is 0 Å². The lowest BCUT2D eigenvalue weighted by atomic mass is 10.1. The van der Waals surface area contributed by atoms with Crippen molar-refractivity contribution in [3.8, 4) is 0 Å². The fourth-order valence-electron chi connectivity index (χ4n) is 3.58. The molecule has 0 saturated carbocycles. The average Bonchev–Trinajstić information content (AvgIpc) is 2.80. The second-order valence-corrected chi connectivity index (χ2v) is 9.12. The number of anilines is 2. The number of hydrogen-bond acceptors (Lipinski definition) is 7. The van der Waals surface area contributed by atoms with Crippen LogP contribution < -0.4 is 16.0 Å². The maximum atomic E-state index is 13.5. The van der Waals surface area contributed by atoms with E-state index < -0.39 is 17.5 Å². The number of rotatable bonds is 5. The van der Waals surface area contributed by atoms with Crippen molar-refractivity contribution in [2.24, 2.45) is 0 Å². The minimum Gasteiger partial charge on any atom is -0.383 e. The van der Waals surface area contributed by atoms with E-state index in [0.29, 0.717) is 15.4 Å². The molecule has 0 bridgehead atoms. The Labute approximate surface area is 200 Å². The van der Waals surface area contributed by atoms with Gasteiger partial charge in [-0.25, -0.2) is 13.8 Å². The first-order valence-electron chi connectivity index (χ1n) is 10.6. The number of nitrogen functional groups attached to an aromatic ring is 1. The molecule has 0 spiro atoms. The first kappa shape index (κ1) is 23.7. The van der Waals surface area contributed by atoms with E-state index >= 15 is 0 Å². The standard InChI is InChI=1S/C24H24F2N6OS/c1-31-6-8-32(9-7-31)18-4-2-15(3-5-18)24(33)30-23(28)21-13-20(14-29-22(21)27)34-19-11-16(25)10-17(26)12-19/h2-5,10-14H,6-9H2,1H3,(H2,27,29)(H2,28,30,33). The van der Waals surface area contributed by atoms with Crippen molar-refractivity contribution in [2.45, 2.75) is 9.79 Å². The fourth-order valence-corrected chi connectivity index (χ4v) is 4.47. The molecule has 1 fully saturated rings. The normalized spacial score (nSPS) is 14.1. The smallest absolute Gasteiger partial charge is 0.256 e. The van der Waals surface area contributed by atoms with Crippen LogP contribution in [0.25, 0.3) is 0 Å². The van der Waals surface area contributed by atoms with Gasteiger partial charge in [0.05, 0.1) is 5.56 Å². The predicted octanol–water partition coefficient (Wildman–Crippen LogP) is 3.60. The molecule has 1 aliphatic heterocycles. The summed E-state index contributed by atoms with van der Waals surface area (Å²) in [5.41, 5.74) is 7.59. The van der Waals surface area contributed by atoms with E-state index in [1.807, 2.05) is 12.1 Å². The Kier molecular flexibility index (Phi) is 7.09. The van der Waals surface area contributed by atoms with Crippen LogP contribution in [0.1, 0.15) is 15.9 Å². The van der Waals surface area contributed by atoms with Gasteiger partial charge in [0.15, 0.2) is 0 Å². The SMILES string of the molecule is CN1CCN(c2ccc(C(=O)NC(=N)c3cc(Sc4cc(F)cc(F)c4)cnc3N)cc2)CC1. The van der Waals surface area contributed by atoms with Crippen LogP contribution in [-0.4, -0.2) is 54.9 Å². The third-order valence-electron chi connectivity index (χ3n) is 5.47. The number of halogens is 2. The largest absolute Gasteiger partial charge is 0.383 e. The number of aromatic nitrogens is 1. The van der Waals surface area contributed by atoms with E-state index in [-0.39, 0.29) is 17.2 Å². The molecule has 1 saturated heterocycles. The third kappa shape index (κ3) is 5.70. The Bertz CT molecular complexity index is 1190. The summed E-state index contributed by atoms with van der Waals surface area (Å²) in [4.78, 5) is 22.2. The highest BCUT2D eigenvalue weighted by molar-refractivity contribution is 7.99. The lowest BCUT2D eigenvalue weighted by molar-refractivity contribution is 0.0977. The molecule has 2 heterocycles. The van der Waals surface area contributed by atoms with Gasteiger partial charge in [0.2, 0.25) is 0 Å². The zero-order chi connectivity index (χ0) is 24.2. The van der Waals surface area contributed by atoms with Gasteiger partial charge in [0.1, 0.15) is 23.3 Å². The topological polar surface area (TPSA) is 98.3 Å². The number of likely N-dealkylation sites (N-methyl/N-ethyl adjacent to an activating group) is 1. The second-order valence-electron chi connectivity index (χ2n) is 7.98. The molecule has 34 heavy (non-hydrogen) atoms. The van der Waals surface area contributed by atoms with E-state index in [1.54, 1.807) is 18.2 Å². The van der Waals surface area contributed by atoms with Crippen LogP contribution in [0.4, 0.5) is 20.3 Å². The number of amidine groups is 1. The van der Waals surface area contributed by atoms with Crippen LogP contribution in [0.15, 0.2) is 64.5 Å². The van der Waals surface area contributed by atoms with Gasteiger partial charge in [-0.2, -0.15) is 0 Å². The Morgan fingerprint density at radius 1 is 1.03 bits per heavy atom. The van der Waals surface area contributed by atoms with Crippen LogP contribution >= 0.6 is 11.8 Å². The van der Waals surface area contributed by atoms with E-state index in [2.05, 4.69) is 27.1 Å². The maximum Gasteiger partial charge on any atom is 0.256 e. The van der Waals surface area contributed by atoms with Crippen molar-refractivity contribution >= 4 is 35.0 Å². The number of nitrogens with zero attached hydrogens (tertiary/aromatic N) is 3. The summed E-state index contributed by atoms with van der Waals surface area (Å²) in [6, 6.07) is 12.0. The first-order valence-corrected chi connectivity index (χ1v) is 11.4. The highest BCUT2D eigenvalue weighted by atomic mass is 32.2. The van der Waals surface area contributed by atoms with E-state index in [1.165, 1.54) is 18.3 Å². The molecule has 0 radical (unpaired) electrons. The van der Waals surface area contributed by atoms with Crippen molar-refractivity contribution in [3.63, 3.8) is 0 Å². The molecule has 0 atom stereocenters. The molecule has 4 N–H and O–H groups in total. The van der Waals surface area contributed by atoms with Gasteiger partial charge in [-0.05, 0) is 49.5 Å². The van der Waals surface area contributed by atoms with Crippen LogP contribution in [0, 0.1) is 17.0 Å². The van der Waals surface area contributed by atoms with Crippen molar-refractivity contribution in [1.82, 2.24) is 15.2 Å². The number of amides is 1. The van der Waals surface area contributed by atoms with Crippen LogP contribution in [0.5, 0.6) is 0 Å². The number of hydrogen-bond donors (Lipinski definition) is 3. The molecule has 0 unspecified atom stereocenters. The van der Waals surface area contributed by atoms with Gasteiger partial charge in [-0.1, -0.05) is 11.8 Å². The average molecular weight is 483 g/mol. The molecule has 1 aliphatic rings. The summed E-state index contributed by atoms with van der Waals surface area (Å²) >= 11 is 1.07. The minimum absolute atomic E-state index is 0.0606. The Hall–Kier alpha value is -3.50. The summed E-state index contributed by atoms with van der Waals surface area (Å²) in [6.07, 6.45) is 1.44. The van der Waals surface area contributed by atoms with E-state index in [0.717, 1.165) is 49.7 Å². The van der Waals surface area contributed by atoms with Crippen LogP contribution in [0.3, 0.4) is 0 Å². The number of carbonyl (C=O) groups is 1. The summed E-state index contributed by atoms with van der Waals surface area (Å²) in [7, 11) is 2.09. The van der Waals surface area contributed by atoms with Crippen molar-refractivity contribution in [3.05, 3.63) is 77.5 Å². The lowest BCUT2D eigenvalue weighted by Gasteiger charge is -2.34. The maximum absolute atomic E-state index is 13.5. The fraction of sp³-hybridized carbons (Fsp3) is 0.208. The molecule has 0 aliphatic carbocycles. The van der Waals surface area contributed by atoms with Crippen molar-refractivity contribution in [1.29, 1.82) is 5.41 Å². The predicted molar refractivity (Wildman–Crippen MR) is 130 cm³/mol. The molecule has 1 amide bonds. The van der Waals surface area contributed by atoms with Gasteiger partial charge in [0, 0.05) is 59.5 Å². The summed E-state index contributed by atoms with van der Waals surface area (Å²) in [6.45, 7) is 3.83. The molecule has 10 heteroatoms. The zero-order valence-corrected chi connectivity index (χ0v) is 19.3. The summed E-state index contributed by atoms with van der Waals surface area (Å²) < 4.78 is 27.0. The van der Waals surface area contributed by atoms with E-state index in [9.17, 15) is 13.6 Å². The van der Waals surface area contributed by atoms with Gasteiger partial charge < -0.3 is 20.9 Å². The van der Waals surface area contributed by atoms with Crippen molar-refractivity contribution < 1.29 is 13.6 Å². The molecule has 7 nitrogen and oxygen atoms in total. The zero-order valence-electron chi connectivity index (χ0n) is 18.5. The highest BCUT2D eigenvalue weighted by Gasteiger charge is 2.17. The second kappa shape index (κ2) is 10.2. The Balaban J connectivity index is 1.43. The molecule has 1 aromatic heterocycles. The quantitative estimate of drug-likeness (QED) is 0.380. The van der Waals surface area contributed by atoms with Crippen molar-refractivity contribution in [2.75, 3.05) is 43.9 Å². The summed E-state index contributed by atoms with van der Waals surface area (Å²) in [5.74, 6) is -1.98. The van der Waals surface area contributed by atoms with Gasteiger partial charge >= 0.3 is 0 Å². The number of piperazine rings is 1. The van der Waals surface area contributed by atoms with Gasteiger partial charge in [0.25, 0.3) is 5.91 Å². The molecule has 176 valence electrons. The van der Waals surface area contributed by atoms with Crippen LogP contribution in [0.2, 0.25) is 0 Å². The number of pyridine rings is 1. The highest BCUT2D eigenvalue weighted by Crippen LogP contribution is 2.30. The Morgan fingerprint density at radius 3 is 2.32 bits per heavy atom. The minimum atomic E-state index is -0.690. The number of carbonyl (C=O) groups excluding carboxylic acids is 1. The van der Waals surface area contributed by atoms with Gasteiger partial charge in [-0.3, -0.25) is 10.2 Å². The monoisotopic (exact) mass is 482 g/mol. The third-order valence-corrected chi connectivity index (χ3v) is 6.40. The summed E-state index contributed by atoms with van der Waals surface area (Å²) in [5, 5.41) is 10.9. The molecule has 4 rings (SSSR count).